The van der Waals surface area contributed by atoms with Crippen molar-refractivity contribution in [2.45, 2.75) is 13.3 Å². The van der Waals surface area contributed by atoms with E-state index in [0.717, 1.165) is 17.7 Å². The quantitative estimate of drug-likeness (QED) is 0.283. The molecule has 0 amide bonds. The summed E-state index contributed by atoms with van der Waals surface area (Å²) in [5.74, 6) is 1.44. The summed E-state index contributed by atoms with van der Waals surface area (Å²) >= 11 is 5.05. The van der Waals surface area contributed by atoms with Crippen molar-refractivity contribution in [3.8, 4) is 11.5 Å². The first-order chi connectivity index (χ1) is 10.2. The molecule has 0 atom stereocenters. The average molecular weight is 308 g/mol. The first kappa shape index (κ1) is 17.0. The summed E-state index contributed by atoms with van der Waals surface area (Å²) in [5, 5.41) is 6.36. The summed E-state index contributed by atoms with van der Waals surface area (Å²) in [4.78, 5) is 0. The first-order valence-electron chi connectivity index (χ1n) is 6.75. The highest BCUT2D eigenvalue weighted by molar-refractivity contribution is 7.80. The molecule has 1 aromatic carbocycles. The number of rotatable bonds is 8. The van der Waals surface area contributed by atoms with Crippen molar-refractivity contribution in [3.63, 3.8) is 0 Å². The number of thiocarbonyl (C=S) groups is 1. The van der Waals surface area contributed by atoms with E-state index in [1.54, 1.807) is 19.4 Å². The summed E-state index contributed by atoms with van der Waals surface area (Å²) in [5.41, 5.74) is 3.79. The van der Waals surface area contributed by atoms with Gasteiger partial charge in [0.15, 0.2) is 17.7 Å². The maximum atomic E-state index is 5.60. The van der Waals surface area contributed by atoms with Crippen molar-refractivity contribution < 1.29 is 14.6 Å². The molecule has 0 saturated carbocycles. The Morgan fingerprint density at radius 2 is 2.24 bits per heavy atom. The maximum Gasteiger partial charge on any atom is 0.224 e. The number of methoxy groups -OCH3 is 1. The van der Waals surface area contributed by atoms with Crippen LogP contribution in [-0.4, -0.2) is 31.6 Å². The molecule has 21 heavy (non-hydrogen) atoms. The first-order valence-corrected chi connectivity index (χ1v) is 7.16. The molecule has 0 saturated heterocycles. The molecule has 6 heteroatoms. The highest BCUT2D eigenvalue weighted by atomic mass is 32.1. The minimum atomic E-state index is 0.501. The number of hydrogen-bond acceptors (Lipinski definition) is 3. The lowest BCUT2D eigenvalue weighted by Gasteiger charge is -2.09. The van der Waals surface area contributed by atoms with Gasteiger partial charge in [0.1, 0.15) is 0 Å². The highest BCUT2D eigenvalue weighted by Gasteiger charge is 2.05. The molecular weight excluding hydrogens is 286 g/mol. The van der Waals surface area contributed by atoms with Crippen LogP contribution in [0.5, 0.6) is 11.5 Å². The zero-order chi connectivity index (χ0) is 15.5. The number of hydrazine groups is 1. The number of hydrogen-bond donors (Lipinski definition) is 3. The molecule has 0 spiro atoms. The van der Waals surface area contributed by atoms with Crippen LogP contribution in [-0.2, 0) is 0 Å². The zero-order valence-corrected chi connectivity index (χ0v) is 13.3. The monoisotopic (exact) mass is 308 g/mol. The Morgan fingerprint density at radius 1 is 1.43 bits per heavy atom. The lowest BCUT2D eigenvalue weighted by atomic mass is 10.2. The molecule has 0 radical (unpaired) electrons. The van der Waals surface area contributed by atoms with Gasteiger partial charge in [-0.3, -0.25) is 0 Å². The van der Waals surface area contributed by atoms with Gasteiger partial charge in [-0.25, -0.2) is 0 Å². The fraction of sp³-hybridized carbons (Fsp3) is 0.333. The molecule has 5 nitrogen and oxygen atoms in total. The zero-order valence-electron chi connectivity index (χ0n) is 12.4. The van der Waals surface area contributed by atoms with Gasteiger partial charge in [0, 0.05) is 12.1 Å². The van der Waals surface area contributed by atoms with Gasteiger partial charge >= 0.3 is 0 Å². The molecule has 0 aromatic heterocycles. The van der Waals surface area contributed by atoms with Crippen LogP contribution < -0.4 is 25.3 Å². The van der Waals surface area contributed by atoms with Gasteiger partial charge in [-0.2, -0.15) is 0 Å². The van der Waals surface area contributed by atoms with E-state index >= 15 is 0 Å². The van der Waals surface area contributed by atoms with E-state index in [2.05, 4.69) is 29.3 Å². The van der Waals surface area contributed by atoms with Crippen molar-refractivity contribution in [3.05, 3.63) is 36.4 Å². The SMILES string of the molecule is C=CCNC(=S)N[NH+]=Cc1ccc(OCCC)c(OC)c1. The van der Waals surface area contributed by atoms with Crippen LogP contribution in [0.2, 0.25) is 0 Å². The van der Waals surface area contributed by atoms with Crippen LogP contribution >= 0.6 is 12.2 Å². The summed E-state index contributed by atoms with van der Waals surface area (Å²) in [6.45, 7) is 6.95. The smallest absolute Gasteiger partial charge is 0.224 e. The van der Waals surface area contributed by atoms with Gasteiger partial charge in [0.25, 0.3) is 0 Å². The summed E-state index contributed by atoms with van der Waals surface area (Å²) < 4.78 is 10.9. The Hall–Kier alpha value is -2.08. The van der Waals surface area contributed by atoms with E-state index in [9.17, 15) is 0 Å². The van der Waals surface area contributed by atoms with E-state index in [4.69, 9.17) is 21.7 Å². The molecule has 0 unspecified atom stereocenters. The molecule has 1 rings (SSSR count). The largest absolute Gasteiger partial charge is 0.493 e. The van der Waals surface area contributed by atoms with Gasteiger partial charge in [0.2, 0.25) is 5.11 Å². The Labute approximate surface area is 131 Å². The minimum absolute atomic E-state index is 0.501. The van der Waals surface area contributed by atoms with E-state index in [1.165, 1.54) is 0 Å². The third kappa shape index (κ3) is 6.27. The van der Waals surface area contributed by atoms with E-state index < -0.39 is 0 Å². The summed E-state index contributed by atoms with van der Waals surface area (Å²) in [6, 6.07) is 5.71. The minimum Gasteiger partial charge on any atom is -0.493 e. The van der Waals surface area contributed by atoms with Crippen LogP contribution in [0.1, 0.15) is 18.9 Å². The van der Waals surface area contributed by atoms with Crippen LogP contribution in [0.25, 0.3) is 0 Å². The van der Waals surface area contributed by atoms with Crippen LogP contribution in [0.4, 0.5) is 0 Å². The second-order valence-corrected chi connectivity index (χ2v) is 4.58. The van der Waals surface area contributed by atoms with Crippen molar-refractivity contribution in [2.24, 2.45) is 0 Å². The van der Waals surface area contributed by atoms with E-state index in [-0.39, 0.29) is 0 Å². The molecule has 1 aromatic rings. The van der Waals surface area contributed by atoms with E-state index in [1.807, 2.05) is 18.2 Å². The van der Waals surface area contributed by atoms with E-state index in [0.29, 0.717) is 24.0 Å². The fourth-order valence-corrected chi connectivity index (χ4v) is 1.64. The second kappa shape index (κ2) is 9.77. The maximum absolute atomic E-state index is 5.60. The van der Waals surface area contributed by atoms with Gasteiger partial charge in [-0.1, -0.05) is 13.0 Å². The lowest BCUT2D eigenvalue weighted by Crippen LogP contribution is -2.82. The van der Waals surface area contributed by atoms with Crippen molar-refractivity contribution in [1.29, 1.82) is 0 Å². The molecule has 0 heterocycles. The number of nitrogens with one attached hydrogen (secondary N) is 3. The standard InChI is InChI=1S/C15H21N3O2S/c1-4-8-16-15(21)18-17-11-12-6-7-13(20-9-5-2)14(10-12)19-3/h4,6-7,10-11H,1,5,8-9H2,2-3H3,(H2,16,18,21)/p+1. The van der Waals surface area contributed by atoms with Crippen molar-refractivity contribution >= 4 is 23.5 Å². The molecule has 114 valence electrons. The summed E-state index contributed by atoms with van der Waals surface area (Å²) in [6.07, 6.45) is 4.48. The molecule has 0 aliphatic rings. The normalized spacial score (nSPS) is 10.2. The number of ether oxygens (including phenoxy) is 2. The highest BCUT2D eigenvalue weighted by Crippen LogP contribution is 2.27. The van der Waals surface area contributed by atoms with Crippen LogP contribution in [0, 0.1) is 0 Å². The van der Waals surface area contributed by atoms with Crippen LogP contribution in [0.15, 0.2) is 30.9 Å². The summed E-state index contributed by atoms with van der Waals surface area (Å²) in [7, 11) is 1.62. The Bertz CT molecular complexity index is 504. The topological polar surface area (TPSA) is 56.5 Å². The lowest BCUT2D eigenvalue weighted by molar-refractivity contribution is -0.500. The predicted molar refractivity (Wildman–Crippen MR) is 88.8 cm³/mol. The number of hydrazone groups is 1. The van der Waals surface area contributed by atoms with Gasteiger partial charge in [-0.15, -0.1) is 17.1 Å². The van der Waals surface area contributed by atoms with Gasteiger partial charge in [-0.05, 0) is 36.8 Å². The molecule has 0 fully saturated rings. The predicted octanol–water partition coefficient (Wildman–Crippen LogP) is 0.549. The fourth-order valence-electron chi connectivity index (χ4n) is 1.50. The number of benzene rings is 1. The van der Waals surface area contributed by atoms with Crippen molar-refractivity contribution in [1.82, 2.24) is 10.7 Å². The molecule has 0 aliphatic carbocycles. The third-order valence-electron chi connectivity index (χ3n) is 2.48. The Balaban J connectivity index is 2.63. The van der Waals surface area contributed by atoms with Crippen LogP contribution in [0.3, 0.4) is 0 Å². The molecule has 3 N–H and O–H groups in total. The van der Waals surface area contributed by atoms with Crippen molar-refractivity contribution in [2.75, 3.05) is 20.3 Å². The van der Waals surface area contributed by atoms with Gasteiger partial charge in [0.05, 0.1) is 13.7 Å². The Morgan fingerprint density at radius 3 is 2.90 bits per heavy atom. The Kier molecular flexibility index (Phi) is 7.89. The molecule has 0 bridgehead atoms. The second-order valence-electron chi connectivity index (χ2n) is 4.17. The molecular formula is C15H22N3O2S+. The average Bonchev–Trinajstić information content (AvgIpc) is 2.51. The van der Waals surface area contributed by atoms with Gasteiger partial charge < -0.3 is 14.8 Å². The molecule has 0 aliphatic heterocycles. The third-order valence-corrected chi connectivity index (χ3v) is 2.73.